The first-order valence-corrected chi connectivity index (χ1v) is 10.9. The maximum atomic E-state index is 12.5. The van der Waals surface area contributed by atoms with Gasteiger partial charge in [0.1, 0.15) is 12.1 Å². The summed E-state index contributed by atoms with van der Waals surface area (Å²) in [4.78, 5) is 23.7. The van der Waals surface area contributed by atoms with Crippen LogP contribution in [-0.2, 0) is 11.2 Å². The zero-order chi connectivity index (χ0) is 22.0. The monoisotopic (exact) mass is 418 g/mol. The van der Waals surface area contributed by atoms with Crippen molar-refractivity contribution in [2.75, 3.05) is 23.3 Å². The summed E-state index contributed by atoms with van der Waals surface area (Å²) in [5.74, 6) is 1.72. The standard InChI is InChI=1S/C24H30N6O/c1-16-7-8-20(13-17(16)2)27-24(31)10-9-21-18(3)28-30(19(21)4)23-14-22(25-15-26-23)29-11-5-6-12-29/h7-8,13-15H,5-6,9-12H2,1-4H3,(H,27,31). The molecule has 3 heterocycles. The Morgan fingerprint density at radius 3 is 2.48 bits per heavy atom. The fraction of sp³-hybridized carbons (Fsp3) is 0.417. The van der Waals surface area contributed by atoms with E-state index < -0.39 is 0 Å². The van der Waals surface area contributed by atoms with Crippen LogP contribution in [0.15, 0.2) is 30.6 Å². The molecule has 0 aliphatic carbocycles. The maximum Gasteiger partial charge on any atom is 0.224 e. The highest BCUT2D eigenvalue weighted by atomic mass is 16.1. The van der Waals surface area contributed by atoms with Crippen molar-refractivity contribution in [3.63, 3.8) is 0 Å². The minimum Gasteiger partial charge on any atom is -0.356 e. The van der Waals surface area contributed by atoms with Gasteiger partial charge in [-0.05, 0) is 75.8 Å². The Balaban J connectivity index is 1.46. The van der Waals surface area contributed by atoms with Crippen LogP contribution in [0.2, 0.25) is 0 Å². The van der Waals surface area contributed by atoms with Gasteiger partial charge in [-0.2, -0.15) is 5.10 Å². The fourth-order valence-corrected chi connectivity index (χ4v) is 4.11. The highest BCUT2D eigenvalue weighted by Crippen LogP contribution is 2.23. The number of aryl methyl sites for hydroxylation is 3. The first-order valence-electron chi connectivity index (χ1n) is 10.9. The van der Waals surface area contributed by atoms with Gasteiger partial charge in [0.2, 0.25) is 5.91 Å². The number of rotatable bonds is 6. The molecule has 1 aromatic carbocycles. The number of anilines is 2. The van der Waals surface area contributed by atoms with Crippen LogP contribution in [0, 0.1) is 27.7 Å². The van der Waals surface area contributed by atoms with Crippen molar-refractivity contribution >= 4 is 17.4 Å². The number of nitrogens with zero attached hydrogens (tertiary/aromatic N) is 5. The number of hydrogen-bond acceptors (Lipinski definition) is 5. The second-order valence-electron chi connectivity index (χ2n) is 8.34. The van der Waals surface area contributed by atoms with E-state index in [1.54, 1.807) is 6.33 Å². The van der Waals surface area contributed by atoms with Crippen LogP contribution in [-0.4, -0.2) is 38.7 Å². The van der Waals surface area contributed by atoms with Crippen LogP contribution in [0.3, 0.4) is 0 Å². The summed E-state index contributed by atoms with van der Waals surface area (Å²) in [7, 11) is 0. The lowest BCUT2D eigenvalue weighted by atomic mass is 10.1. The molecular formula is C24H30N6O. The molecular weight excluding hydrogens is 388 g/mol. The first kappa shape index (κ1) is 21.0. The van der Waals surface area contributed by atoms with Crippen molar-refractivity contribution in [1.82, 2.24) is 19.7 Å². The molecule has 4 rings (SSSR count). The molecule has 1 fully saturated rings. The third-order valence-electron chi connectivity index (χ3n) is 6.12. The van der Waals surface area contributed by atoms with Gasteiger partial charge in [0.15, 0.2) is 5.82 Å². The minimum absolute atomic E-state index is 0.00755. The van der Waals surface area contributed by atoms with Crippen LogP contribution < -0.4 is 10.2 Å². The number of carbonyl (C=O) groups excluding carboxylic acids is 1. The zero-order valence-corrected chi connectivity index (χ0v) is 18.8. The molecule has 0 atom stereocenters. The largest absolute Gasteiger partial charge is 0.356 e. The molecule has 1 aliphatic heterocycles. The molecule has 162 valence electrons. The quantitative estimate of drug-likeness (QED) is 0.653. The van der Waals surface area contributed by atoms with E-state index in [-0.39, 0.29) is 5.91 Å². The molecule has 0 spiro atoms. The fourth-order valence-electron chi connectivity index (χ4n) is 4.11. The molecule has 0 saturated carbocycles. The number of carbonyl (C=O) groups is 1. The van der Waals surface area contributed by atoms with Gasteiger partial charge in [-0.25, -0.2) is 14.6 Å². The van der Waals surface area contributed by atoms with Crippen molar-refractivity contribution in [1.29, 1.82) is 0 Å². The summed E-state index contributed by atoms with van der Waals surface area (Å²) >= 11 is 0. The van der Waals surface area contributed by atoms with Gasteiger partial charge in [-0.1, -0.05) is 6.07 Å². The summed E-state index contributed by atoms with van der Waals surface area (Å²) in [6.07, 6.45) is 5.05. The number of benzene rings is 1. The van der Waals surface area contributed by atoms with E-state index in [0.717, 1.165) is 47.4 Å². The van der Waals surface area contributed by atoms with Gasteiger partial charge in [0.25, 0.3) is 0 Å². The highest BCUT2D eigenvalue weighted by Gasteiger charge is 2.18. The van der Waals surface area contributed by atoms with Crippen LogP contribution >= 0.6 is 0 Å². The van der Waals surface area contributed by atoms with Crippen molar-refractivity contribution in [3.05, 3.63) is 58.7 Å². The topological polar surface area (TPSA) is 75.9 Å². The summed E-state index contributed by atoms with van der Waals surface area (Å²) in [5.41, 5.74) is 6.27. The summed E-state index contributed by atoms with van der Waals surface area (Å²) in [6.45, 7) is 10.2. The van der Waals surface area contributed by atoms with Crippen molar-refractivity contribution in [2.24, 2.45) is 0 Å². The Morgan fingerprint density at radius 1 is 1.00 bits per heavy atom. The molecule has 7 nitrogen and oxygen atoms in total. The van der Waals surface area contributed by atoms with E-state index >= 15 is 0 Å². The van der Waals surface area contributed by atoms with E-state index in [1.807, 2.05) is 49.7 Å². The van der Waals surface area contributed by atoms with E-state index in [1.165, 1.54) is 24.0 Å². The Kier molecular flexibility index (Phi) is 6.02. The van der Waals surface area contributed by atoms with Crippen LogP contribution in [0.5, 0.6) is 0 Å². The predicted molar refractivity (Wildman–Crippen MR) is 123 cm³/mol. The van der Waals surface area contributed by atoms with Gasteiger partial charge in [0.05, 0.1) is 5.69 Å². The Bertz CT molecular complexity index is 1100. The van der Waals surface area contributed by atoms with Crippen molar-refractivity contribution in [3.8, 4) is 5.82 Å². The molecule has 1 amide bonds. The third-order valence-corrected chi connectivity index (χ3v) is 6.12. The van der Waals surface area contributed by atoms with Gasteiger partial charge in [0, 0.05) is 37.0 Å². The second kappa shape index (κ2) is 8.88. The van der Waals surface area contributed by atoms with Crippen LogP contribution in [0.25, 0.3) is 5.82 Å². The van der Waals surface area contributed by atoms with Gasteiger partial charge in [-0.3, -0.25) is 4.79 Å². The Morgan fingerprint density at radius 2 is 1.74 bits per heavy atom. The second-order valence-corrected chi connectivity index (χ2v) is 8.34. The van der Waals surface area contributed by atoms with E-state index in [2.05, 4.69) is 27.1 Å². The highest BCUT2D eigenvalue weighted by molar-refractivity contribution is 5.91. The lowest BCUT2D eigenvalue weighted by molar-refractivity contribution is -0.116. The van der Waals surface area contributed by atoms with Crippen molar-refractivity contribution < 1.29 is 4.79 Å². The SMILES string of the molecule is Cc1ccc(NC(=O)CCc2c(C)nn(-c3cc(N4CCCC4)ncn3)c2C)cc1C. The minimum atomic E-state index is 0.00755. The number of amides is 1. The number of nitrogens with one attached hydrogen (secondary N) is 1. The molecule has 1 aliphatic rings. The molecule has 7 heteroatoms. The lowest BCUT2D eigenvalue weighted by Crippen LogP contribution is -2.19. The average molecular weight is 419 g/mol. The normalized spacial score (nSPS) is 13.6. The van der Waals surface area contributed by atoms with Gasteiger partial charge < -0.3 is 10.2 Å². The van der Waals surface area contributed by atoms with Gasteiger partial charge >= 0.3 is 0 Å². The van der Waals surface area contributed by atoms with Crippen molar-refractivity contribution in [2.45, 2.75) is 53.4 Å². The average Bonchev–Trinajstić information content (AvgIpc) is 3.38. The molecule has 1 saturated heterocycles. The van der Waals surface area contributed by atoms with Crippen LogP contribution in [0.4, 0.5) is 11.5 Å². The molecule has 3 aromatic rings. The molecule has 1 N–H and O–H groups in total. The molecule has 31 heavy (non-hydrogen) atoms. The zero-order valence-electron chi connectivity index (χ0n) is 18.8. The number of hydrogen-bond donors (Lipinski definition) is 1. The molecule has 0 bridgehead atoms. The summed E-state index contributed by atoms with van der Waals surface area (Å²) in [5, 5.41) is 7.71. The third kappa shape index (κ3) is 4.60. The van der Waals surface area contributed by atoms with E-state index in [4.69, 9.17) is 5.10 Å². The lowest BCUT2D eigenvalue weighted by Gasteiger charge is -2.16. The predicted octanol–water partition coefficient (Wildman–Crippen LogP) is 4.07. The molecule has 0 radical (unpaired) electrons. The van der Waals surface area contributed by atoms with E-state index in [9.17, 15) is 4.79 Å². The van der Waals surface area contributed by atoms with Crippen LogP contribution in [0.1, 0.15) is 47.3 Å². The maximum absolute atomic E-state index is 12.5. The van der Waals surface area contributed by atoms with Gasteiger partial charge in [-0.15, -0.1) is 0 Å². The number of aromatic nitrogens is 4. The summed E-state index contributed by atoms with van der Waals surface area (Å²) < 4.78 is 1.87. The summed E-state index contributed by atoms with van der Waals surface area (Å²) in [6, 6.07) is 7.99. The smallest absolute Gasteiger partial charge is 0.224 e. The Labute approximate surface area is 183 Å². The van der Waals surface area contributed by atoms with E-state index in [0.29, 0.717) is 12.8 Å². The molecule has 0 unspecified atom stereocenters. The Hall–Kier alpha value is -3.22. The first-order chi connectivity index (χ1) is 14.9. The molecule has 2 aromatic heterocycles.